The molecule has 208 valence electrons. The molecule has 1 unspecified atom stereocenters. The third-order valence-corrected chi connectivity index (χ3v) is 7.38. The molecule has 3 aromatic rings. The summed E-state index contributed by atoms with van der Waals surface area (Å²) in [5.74, 6) is 1.18. The van der Waals surface area contributed by atoms with Gasteiger partial charge in [0, 0.05) is 32.1 Å². The quantitative estimate of drug-likeness (QED) is 0.331. The van der Waals surface area contributed by atoms with Crippen LogP contribution in [0.25, 0.3) is 0 Å². The first-order chi connectivity index (χ1) is 19.5. The van der Waals surface area contributed by atoms with Gasteiger partial charge in [0.25, 0.3) is 5.91 Å². The SMILES string of the molecule is Cc1cc2c(cc1OCCCCCC(=O)N(Cc1ccccc1)Cc1ccccc1)N=C1NC(=O)C(CO)N1C2. The van der Waals surface area contributed by atoms with Crippen molar-refractivity contribution >= 4 is 23.5 Å². The summed E-state index contributed by atoms with van der Waals surface area (Å²) in [6, 6.07) is 23.6. The number of benzene rings is 3. The fourth-order valence-electron chi connectivity index (χ4n) is 5.17. The fourth-order valence-corrected chi connectivity index (χ4v) is 5.17. The zero-order valence-corrected chi connectivity index (χ0v) is 22.9. The van der Waals surface area contributed by atoms with E-state index < -0.39 is 6.04 Å². The molecule has 2 heterocycles. The third-order valence-electron chi connectivity index (χ3n) is 7.38. The zero-order valence-electron chi connectivity index (χ0n) is 22.9. The Morgan fingerprint density at radius 1 is 1.02 bits per heavy atom. The van der Waals surface area contributed by atoms with Crippen molar-refractivity contribution in [1.29, 1.82) is 0 Å². The highest BCUT2D eigenvalue weighted by Gasteiger charge is 2.38. The van der Waals surface area contributed by atoms with Crippen LogP contribution >= 0.6 is 0 Å². The molecule has 0 spiro atoms. The van der Waals surface area contributed by atoms with Crippen molar-refractivity contribution in [2.24, 2.45) is 4.99 Å². The van der Waals surface area contributed by atoms with Gasteiger partial charge in [-0.25, -0.2) is 4.99 Å². The van der Waals surface area contributed by atoms with E-state index in [9.17, 15) is 14.7 Å². The van der Waals surface area contributed by atoms with Crippen LogP contribution in [0, 0.1) is 6.92 Å². The normalized spacial score (nSPS) is 15.7. The minimum atomic E-state index is -0.598. The van der Waals surface area contributed by atoms with E-state index in [-0.39, 0.29) is 18.4 Å². The van der Waals surface area contributed by atoms with Gasteiger partial charge >= 0.3 is 0 Å². The molecule has 0 bridgehead atoms. The van der Waals surface area contributed by atoms with Crippen LogP contribution in [-0.4, -0.2) is 51.9 Å². The maximum atomic E-state index is 13.2. The van der Waals surface area contributed by atoms with E-state index >= 15 is 0 Å². The Balaban J connectivity index is 1.10. The molecule has 3 aromatic carbocycles. The van der Waals surface area contributed by atoms with Gasteiger partial charge in [0.15, 0.2) is 0 Å². The van der Waals surface area contributed by atoms with Crippen LogP contribution in [0.5, 0.6) is 5.75 Å². The molecule has 1 atom stereocenters. The number of guanidine groups is 1. The lowest BCUT2D eigenvalue weighted by Crippen LogP contribution is -2.39. The molecule has 2 aliphatic rings. The van der Waals surface area contributed by atoms with E-state index in [0.29, 0.717) is 38.6 Å². The van der Waals surface area contributed by atoms with Crippen molar-refractivity contribution in [3.05, 3.63) is 95.1 Å². The third kappa shape index (κ3) is 6.51. The first-order valence-corrected chi connectivity index (χ1v) is 13.9. The van der Waals surface area contributed by atoms with E-state index in [1.54, 1.807) is 4.90 Å². The van der Waals surface area contributed by atoms with Gasteiger partial charge in [0.05, 0.1) is 18.9 Å². The number of hydrogen-bond acceptors (Lipinski definition) is 6. The number of hydrogen-bond donors (Lipinski definition) is 2. The number of aliphatic imine (C=N–C) groups is 1. The van der Waals surface area contributed by atoms with Crippen LogP contribution < -0.4 is 10.1 Å². The second-order valence-electron chi connectivity index (χ2n) is 10.4. The Bertz CT molecular complexity index is 1320. The summed E-state index contributed by atoms with van der Waals surface area (Å²) >= 11 is 0. The summed E-state index contributed by atoms with van der Waals surface area (Å²) in [5, 5.41) is 12.3. The Hall–Kier alpha value is -4.17. The van der Waals surface area contributed by atoms with Crippen molar-refractivity contribution in [3.63, 3.8) is 0 Å². The molecular weight excluding hydrogens is 504 g/mol. The molecule has 0 radical (unpaired) electrons. The van der Waals surface area contributed by atoms with Gasteiger partial charge in [-0.1, -0.05) is 60.7 Å². The monoisotopic (exact) mass is 540 g/mol. The second-order valence-corrected chi connectivity index (χ2v) is 10.4. The molecular formula is C32H36N4O4. The maximum absolute atomic E-state index is 13.2. The van der Waals surface area contributed by atoms with Gasteiger partial charge in [0.1, 0.15) is 11.8 Å². The highest BCUT2D eigenvalue weighted by molar-refractivity contribution is 6.07. The van der Waals surface area contributed by atoms with Crippen LogP contribution in [-0.2, 0) is 29.2 Å². The van der Waals surface area contributed by atoms with E-state index in [0.717, 1.165) is 53.0 Å². The topological polar surface area (TPSA) is 94.5 Å². The summed E-state index contributed by atoms with van der Waals surface area (Å²) in [5.41, 5.74) is 5.03. The van der Waals surface area contributed by atoms with E-state index in [2.05, 4.69) is 34.6 Å². The molecule has 8 heteroatoms. The van der Waals surface area contributed by atoms with Gasteiger partial charge in [-0.15, -0.1) is 0 Å². The molecule has 1 saturated heterocycles. The van der Waals surface area contributed by atoms with Crippen molar-refractivity contribution in [2.75, 3.05) is 13.2 Å². The second kappa shape index (κ2) is 12.8. The molecule has 0 saturated carbocycles. The number of amides is 2. The van der Waals surface area contributed by atoms with E-state index in [1.165, 1.54) is 0 Å². The summed E-state index contributed by atoms with van der Waals surface area (Å²) in [7, 11) is 0. The molecule has 8 nitrogen and oxygen atoms in total. The van der Waals surface area contributed by atoms with Crippen LogP contribution in [0.3, 0.4) is 0 Å². The minimum absolute atomic E-state index is 0.162. The Labute approximate surface area is 235 Å². The lowest BCUT2D eigenvalue weighted by Gasteiger charge is -2.27. The molecule has 2 amide bonds. The number of ether oxygens (including phenoxy) is 1. The number of unbranched alkanes of at least 4 members (excludes halogenated alkanes) is 2. The van der Waals surface area contributed by atoms with Crippen molar-refractivity contribution in [1.82, 2.24) is 15.1 Å². The number of aliphatic hydroxyl groups excluding tert-OH is 1. The van der Waals surface area contributed by atoms with Crippen molar-refractivity contribution in [2.45, 2.75) is 58.3 Å². The maximum Gasteiger partial charge on any atom is 0.251 e. The van der Waals surface area contributed by atoms with Crippen LogP contribution in [0.4, 0.5) is 5.69 Å². The molecule has 1 fully saturated rings. The number of rotatable bonds is 12. The zero-order chi connectivity index (χ0) is 27.9. The highest BCUT2D eigenvalue weighted by Crippen LogP contribution is 2.34. The lowest BCUT2D eigenvalue weighted by molar-refractivity contribution is -0.132. The van der Waals surface area contributed by atoms with Gasteiger partial charge in [-0.05, 0) is 54.5 Å². The number of carbonyl (C=O) groups excluding carboxylic acids is 2. The Kier molecular flexibility index (Phi) is 8.76. The summed E-state index contributed by atoms with van der Waals surface area (Å²) in [4.78, 5) is 33.6. The van der Waals surface area contributed by atoms with Gasteiger partial charge in [-0.3, -0.25) is 14.9 Å². The van der Waals surface area contributed by atoms with Crippen molar-refractivity contribution in [3.8, 4) is 5.75 Å². The summed E-state index contributed by atoms with van der Waals surface area (Å²) in [6.07, 6.45) is 3.05. The predicted octanol–water partition coefficient (Wildman–Crippen LogP) is 4.46. The number of fused-ring (bicyclic) bond motifs is 2. The van der Waals surface area contributed by atoms with Crippen molar-refractivity contribution < 1.29 is 19.4 Å². The minimum Gasteiger partial charge on any atom is -0.493 e. The number of nitrogens with one attached hydrogen (secondary N) is 1. The highest BCUT2D eigenvalue weighted by atomic mass is 16.5. The van der Waals surface area contributed by atoms with Gasteiger partial charge < -0.3 is 19.6 Å². The standard InChI is InChI=1S/C32H36N4O4/c1-23-17-26-21-36-28(22-37)31(39)34-32(36)33-27(26)18-29(23)40-16-10-4-9-15-30(38)35(19-24-11-5-2-6-12-24)20-25-13-7-3-8-14-25/h2-3,5-8,11-14,17-18,28,37H,4,9-10,15-16,19-22H2,1H3,(H,33,34,39). The van der Waals surface area contributed by atoms with Crippen LogP contribution in [0.1, 0.15) is 47.9 Å². The average Bonchev–Trinajstić information content (AvgIpc) is 3.27. The molecule has 2 aliphatic heterocycles. The smallest absolute Gasteiger partial charge is 0.251 e. The van der Waals surface area contributed by atoms with Gasteiger partial charge in [-0.2, -0.15) is 0 Å². The molecule has 0 aromatic heterocycles. The number of aryl methyl sites for hydroxylation is 1. The molecule has 2 N–H and O–H groups in total. The molecule has 40 heavy (non-hydrogen) atoms. The van der Waals surface area contributed by atoms with Crippen LogP contribution in [0.15, 0.2) is 77.8 Å². The first kappa shape index (κ1) is 27.4. The van der Waals surface area contributed by atoms with Gasteiger partial charge in [0.2, 0.25) is 11.9 Å². The first-order valence-electron chi connectivity index (χ1n) is 13.9. The fraction of sp³-hybridized carbons (Fsp3) is 0.344. The molecule has 0 aliphatic carbocycles. The number of nitrogens with zero attached hydrogens (tertiary/aromatic N) is 3. The lowest BCUT2D eigenvalue weighted by atomic mass is 10.1. The average molecular weight is 541 g/mol. The summed E-state index contributed by atoms with van der Waals surface area (Å²) < 4.78 is 6.08. The molecule has 5 rings (SSSR count). The van der Waals surface area contributed by atoms with E-state index in [4.69, 9.17) is 4.74 Å². The number of carbonyl (C=O) groups is 2. The Morgan fingerprint density at radius 3 is 2.35 bits per heavy atom. The summed E-state index contributed by atoms with van der Waals surface area (Å²) in [6.45, 7) is 4.02. The largest absolute Gasteiger partial charge is 0.493 e. The number of aliphatic hydroxyl groups is 1. The van der Waals surface area contributed by atoms with Crippen LogP contribution in [0.2, 0.25) is 0 Å². The predicted molar refractivity (Wildman–Crippen MR) is 154 cm³/mol. The Morgan fingerprint density at radius 2 is 1.70 bits per heavy atom. The van der Waals surface area contributed by atoms with E-state index in [1.807, 2.05) is 60.4 Å².